The molecule has 0 saturated carbocycles. The van der Waals surface area contributed by atoms with Crippen molar-refractivity contribution < 1.29 is 18.5 Å². The first kappa shape index (κ1) is 18.5. The first-order chi connectivity index (χ1) is 12.9. The van der Waals surface area contributed by atoms with Gasteiger partial charge in [-0.3, -0.25) is 9.59 Å². The van der Waals surface area contributed by atoms with E-state index in [1.165, 1.54) is 0 Å². The second-order valence-corrected chi connectivity index (χ2v) is 10.3. The molecule has 0 aromatic carbocycles. The van der Waals surface area contributed by atoms with Crippen LogP contribution in [0.1, 0.15) is 32.0 Å². The summed E-state index contributed by atoms with van der Waals surface area (Å²) < 4.78 is 25.2. The van der Waals surface area contributed by atoms with Crippen molar-refractivity contribution in [3.8, 4) is 0 Å². The molecule has 2 saturated heterocycles. The van der Waals surface area contributed by atoms with Gasteiger partial charge in [-0.2, -0.15) is 4.36 Å². The summed E-state index contributed by atoms with van der Waals surface area (Å²) in [6, 6.07) is 0. The van der Waals surface area contributed by atoms with Crippen LogP contribution in [0.15, 0.2) is 10.7 Å². The summed E-state index contributed by atoms with van der Waals surface area (Å²) in [5.41, 5.74) is -0.439. The van der Waals surface area contributed by atoms with Gasteiger partial charge in [0.15, 0.2) is 0 Å². The highest BCUT2D eigenvalue weighted by Crippen LogP contribution is 2.32. The molecule has 27 heavy (non-hydrogen) atoms. The van der Waals surface area contributed by atoms with Gasteiger partial charge in [0, 0.05) is 44.5 Å². The second-order valence-electron chi connectivity index (χ2n) is 7.72. The van der Waals surface area contributed by atoms with Crippen LogP contribution in [0.3, 0.4) is 0 Å². The fourth-order valence-corrected chi connectivity index (χ4v) is 6.37. The average molecular weight is 395 g/mol. The van der Waals surface area contributed by atoms with Crippen molar-refractivity contribution in [2.24, 2.45) is 10.3 Å². The normalized spacial score (nSPS) is 33.5. The number of ether oxygens (including phenoxy) is 1. The number of carbonyl (C=O) groups excluding carboxylic acids is 2. The van der Waals surface area contributed by atoms with Gasteiger partial charge >= 0.3 is 0 Å². The molecule has 0 aliphatic carbocycles. The summed E-state index contributed by atoms with van der Waals surface area (Å²) in [4.78, 5) is 26.1. The molecule has 148 valence electrons. The Kier molecular flexibility index (Phi) is 4.79. The van der Waals surface area contributed by atoms with E-state index in [0.29, 0.717) is 63.4 Å². The quantitative estimate of drug-likeness (QED) is 0.675. The van der Waals surface area contributed by atoms with Crippen LogP contribution in [0.5, 0.6) is 0 Å². The maximum Gasteiger partial charge on any atom is 0.258 e. The number of carbonyl (C=O) groups is 2. The average Bonchev–Trinajstić information content (AvgIpc) is 3.12. The zero-order chi connectivity index (χ0) is 19.1. The molecule has 4 heterocycles. The van der Waals surface area contributed by atoms with Gasteiger partial charge in [-0.25, -0.2) is 4.21 Å². The van der Waals surface area contributed by atoms with Gasteiger partial charge in [-0.05, 0) is 19.3 Å². The van der Waals surface area contributed by atoms with Crippen LogP contribution in [0, 0.1) is 5.92 Å². The van der Waals surface area contributed by atoms with Crippen molar-refractivity contribution in [2.75, 3.05) is 31.2 Å². The first-order valence-corrected chi connectivity index (χ1v) is 11.3. The number of aromatic nitrogens is 3. The standard InChI is InChI=1S/C17H25N5O4S/c1-13(23)21-6-7-26-17(11-21)4-8-27(25,9-5-17)20-16(24)14-2-3-15-19-18-12-22(15)10-14/h12,14H,2-11H2,1H3. The lowest BCUT2D eigenvalue weighted by molar-refractivity contribution is -0.150. The van der Waals surface area contributed by atoms with Crippen LogP contribution in [-0.4, -0.2) is 72.5 Å². The van der Waals surface area contributed by atoms with Gasteiger partial charge in [-0.15, -0.1) is 10.2 Å². The van der Waals surface area contributed by atoms with E-state index in [9.17, 15) is 13.8 Å². The van der Waals surface area contributed by atoms with E-state index < -0.39 is 15.3 Å². The Labute approximate surface area is 158 Å². The lowest BCUT2D eigenvalue weighted by Crippen LogP contribution is -2.56. The molecule has 9 nitrogen and oxygen atoms in total. The van der Waals surface area contributed by atoms with Crippen molar-refractivity contribution in [3.63, 3.8) is 0 Å². The number of morpholine rings is 1. The van der Waals surface area contributed by atoms with Gasteiger partial charge in [0.2, 0.25) is 5.91 Å². The summed E-state index contributed by atoms with van der Waals surface area (Å²) in [5.74, 6) is 1.07. The first-order valence-electron chi connectivity index (χ1n) is 9.41. The molecule has 1 spiro atoms. The van der Waals surface area contributed by atoms with Crippen LogP contribution in [0.25, 0.3) is 0 Å². The van der Waals surface area contributed by atoms with E-state index in [2.05, 4.69) is 14.6 Å². The molecule has 0 bridgehead atoms. The molecule has 0 radical (unpaired) electrons. The third-order valence-electron chi connectivity index (χ3n) is 5.88. The predicted molar refractivity (Wildman–Crippen MR) is 97.3 cm³/mol. The van der Waals surface area contributed by atoms with E-state index >= 15 is 0 Å². The smallest absolute Gasteiger partial charge is 0.258 e. The second kappa shape index (κ2) is 6.97. The molecule has 4 rings (SSSR count). The molecule has 1 aromatic rings. The molecule has 10 heteroatoms. The zero-order valence-corrected chi connectivity index (χ0v) is 16.3. The summed E-state index contributed by atoms with van der Waals surface area (Å²) in [6.07, 6.45) is 4.10. The predicted octanol–water partition coefficient (Wildman–Crippen LogP) is 0.246. The van der Waals surface area contributed by atoms with E-state index in [0.717, 1.165) is 5.82 Å². The number of aryl methyl sites for hydroxylation is 1. The molecule has 3 aliphatic rings. The molecule has 3 aliphatic heterocycles. The highest BCUT2D eigenvalue weighted by atomic mass is 32.2. The molecule has 0 N–H and O–H groups in total. The fourth-order valence-electron chi connectivity index (χ4n) is 4.12. The van der Waals surface area contributed by atoms with Crippen molar-refractivity contribution >= 4 is 21.5 Å². The Morgan fingerprint density at radius 2 is 2.15 bits per heavy atom. The molecule has 1 atom stereocenters. The van der Waals surface area contributed by atoms with Crippen LogP contribution < -0.4 is 0 Å². The Morgan fingerprint density at radius 3 is 2.89 bits per heavy atom. The largest absolute Gasteiger partial charge is 0.371 e. The maximum atomic E-state index is 13.1. The third kappa shape index (κ3) is 3.77. The van der Waals surface area contributed by atoms with E-state index in [4.69, 9.17) is 4.74 Å². The minimum absolute atomic E-state index is 0.0366. The van der Waals surface area contributed by atoms with Crippen LogP contribution in [0.4, 0.5) is 0 Å². The van der Waals surface area contributed by atoms with Crippen molar-refractivity contribution in [3.05, 3.63) is 12.2 Å². The molecule has 1 aromatic heterocycles. The summed E-state index contributed by atoms with van der Waals surface area (Å²) >= 11 is 0. The van der Waals surface area contributed by atoms with Gasteiger partial charge in [0.05, 0.1) is 27.9 Å². The topological polar surface area (TPSA) is 107 Å². The molecular formula is C17H25N5O4S. The summed E-state index contributed by atoms with van der Waals surface area (Å²) in [6.45, 7) is 3.69. The third-order valence-corrected chi connectivity index (χ3v) is 8.08. The maximum absolute atomic E-state index is 13.1. The molecular weight excluding hydrogens is 370 g/mol. The Bertz CT molecular complexity index is 858. The minimum atomic E-state index is -2.56. The van der Waals surface area contributed by atoms with E-state index in [1.54, 1.807) is 18.2 Å². The van der Waals surface area contributed by atoms with Crippen molar-refractivity contribution in [1.29, 1.82) is 0 Å². The fraction of sp³-hybridized carbons (Fsp3) is 0.765. The number of hydrogen-bond donors (Lipinski definition) is 0. The number of amides is 2. The minimum Gasteiger partial charge on any atom is -0.371 e. The molecule has 1 unspecified atom stereocenters. The number of hydrogen-bond acceptors (Lipinski definition) is 6. The Hall–Kier alpha value is -1.81. The van der Waals surface area contributed by atoms with Crippen molar-refractivity contribution in [1.82, 2.24) is 19.7 Å². The van der Waals surface area contributed by atoms with E-state index in [1.807, 2.05) is 4.57 Å². The van der Waals surface area contributed by atoms with Gasteiger partial charge in [0.1, 0.15) is 12.2 Å². The van der Waals surface area contributed by atoms with Crippen LogP contribution in [-0.2, 0) is 37.0 Å². The monoisotopic (exact) mass is 395 g/mol. The van der Waals surface area contributed by atoms with Crippen molar-refractivity contribution in [2.45, 2.75) is 44.8 Å². The highest BCUT2D eigenvalue weighted by Gasteiger charge is 2.42. The lowest BCUT2D eigenvalue weighted by atomic mass is 9.94. The number of fused-ring (bicyclic) bond motifs is 1. The van der Waals surface area contributed by atoms with Gasteiger partial charge in [0.25, 0.3) is 5.91 Å². The van der Waals surface area contributed by atoms with Gasteiger partial charge in [-0.1, -0.05) is 0 Å². The molecule has 2 amide bonds. The Morgan fingerprint density at radius 1 is 1.37 bits per heavy atom. The lowest BCUT2D eigenvalue weighted by Gasteiger charge is -2.45. The molecule has 2 fully saturated rings. The summed E-state index contributed by atoms with van der Waals surface area (Å²) in [5, 5.41) is 7.89. The number of nitrogens with zero attached hydrogens (tertiary/aromatic N) is 5. The Balaban J connectivity index is 1.42. The SMILES string of the molecule is CC(=O)N1CCOC2(CCS(=O)(=NC(=O)C3CCc4nncn4C3)CC2)C1. The van der Waals surface area contributed by atoms with E-state index in [-0.39, 0.29) is 17.7 Å². The number of rotatable bonds is 1. The van der Waals surface area contributed by atoms with Gasteiger partial charge < -0.3 is 14.2 Å². The van der Waals surface area contributed by atoms with Crippen LogP contribution >= 0.6 is 0 Å². The highest BCUT2D eigenvalue weighted by molar-refractivity contribution is 7.93. The summed E-state index contributed by atoms with van der Waals surface area (Å²) in [7, 11) is -2.56. The zero-order valence-electron chi connectivity index (χ0n) is 15.5. The van der Waals surface area contributed by atoms with Crippen LogP contribution in [0.2, 0.25) is 0 Å².